The van der Waals surface area contributed by atoms with Crippen LogP contribution in [0.15, 0.2) is 11.9 Å². The number of aliphatic hydroxyl groups is 1. The van der Waals surface area contributed by atoms with Crippen molar-refractivity contribution in [3.05, 3.63) is 11.9 Å². The van der Waals surface area contributed by atoms with Crippen LogP contribution in [-0.2, 0) is 14.0 Å². The van der Waals surface area contributed by atoms with Gasteiger partial charge in [-0.15, -0.1) is 0 Å². The lowest BCUT2D eigenvalue weighted by Gasteiger charge is -2.38. The van der Waals surface area contributed by atoms with Crippen molar-refractivity contribution in [1.82, 2.24) is 0 Å². The molecule has 3 N–H and O–H groups in total. The maximum atomic E-state index is 10.7. The van der Waals surface area contributed by atoms with Gasteiger partial charge in [-0.25, -0.2) is 0 Å². The smallest absolute Gasteiger partial charge is 0.348 e. The average molecular weight is 308 g/mol. The third kappa shape index (κ3) is 10.6. The van der Waals surface area contributed by atoms with Gasteiger partial charge in [-0.05, 0) is 31.8 Å². The number of hydrogen-bond acceptors (Lipinski definition) is 4. The molecule has 2 atom stereocenters. The molecule has 1 rings (SSSR count). The van der Waals surface area contributed by atoms with Gasteiger partial charge in [-0.2, -0.15) is 0 Å². The summed E-state index contributed by atoms with van der Waals surface area (Å²) in [6.45, 7) is 1.92. The second-order valence-electron chi connectivity index (χ2n) is 4.28. The van der Waals surface area contributed by atoms with Crippen LogP contribution >= 0.6 is 7.60 Å². The third-order valence-corrected chi connectivity index (χ3v) is 3.18. The molecular formula is C12H26BO6P. The largest absolute Gasteiger partial charge is 0.400 e. The predicted octanol–water partition coefficient (Wildman–Crippen LogP) is 1.39. The van der Waals surface area contributed by atoms with Crippen LogP contribution in [0, 0.1) is 0 Å². The quantitative estimate of drug-likeness (QED) is 0.538. The Morgan fingerprint density at radius 3 is 2.30 bits per heavy atom. The van der Waals surface area contributed by atoms with Crippen LogP contribution in [0.25, 0.3) is 0 Å². The SMILES string of the molecule is CO.COC.[B]C1CCC[C@](/C=C/P(=O)(O)O)(CC)O1. The zero-order valence-corrected chi connectivity index (χ0v) is 13.5. The minimum absolute atomic E-state index is 0.333. The molecule has 20 heavy (non-hydrogen) atoms. The average Bonchev–Trinajstić information content (AvgIpc) is 2.39. The molecule has 1 unspecified atom stereocenters. The van der Waals surface area contributed by atoms with E-state index in [1.54, 1.807) is 14.2 Å². The van der Waals surface area contributed by atoms with E-state index in [2.05, 4.69) is 4.74 Å². The van der Waals surface area contributed by atoms with Crippen molar-refractivity contribution >= 4 is 15.4 Å². The summed E-state index contributed by atoms with van der Waals surface area (Å²) in [6.07, 6.45) is 4.60. The molecule has 0 spiro atoms. The molecule has 0 aliphatic carbocycles. The molecule has 1 aliphatic rings. The predicted molar refractivity (Wildman–Crippen MR) is 79.8 cm³/mol. The summed E-state index contributed by atoms with van der Waals surface area (Å²) in [5, 5.41) is 7.00. The molecule has 118 valence electrons. The van der Waals surface area contributed by atoms with Gasteiger partial charge in [0.1, 0.15) is 7.85 Å². The standard InChI is InChI=1S/C9H16BO4P.C2H6O.CH4O/c1-2-9(6-7-15(11,12)13)5-3-4-8(10)14-9;1-3-2;1-2/h6-8H,2-5H2,1H3,(H2,11,12,13);1-2H3;2H,1H3/b7-6+;;/t8?,9-;;/m0../s1. The first-order chi connectivity index (χ1) is 9.28. The molecule has 1 saturated heterocycles. The summed E-state index contributed by atoms with van der Waals surface area (Å²) in [6, 6.07) is -0.333. The molecule has 1 fully saturated rings. The van der Waals surface area contributed by atoms with Crippen LogP contribution < -0.4 is 0 Å². The van der Waals surface area contributed by atoms with E-state index in [1.165, 1.54) is 6.08 Å². The third-order valence-electron chi connectivity index (χ3n) is 2.65. The van der Waals surface area contributed by atoms with Crippen LogP contribution in [0.4, 0.5) is 0 Å². The first-order valence-electron chi connectivity index (χ1n) is 6.32. The van der Waals surface area contributed by atoms with E-state index >= 15 is 0 Å². The maximum absolute atomic E-state index is 10.7. The Balaban J connectivity index is 0. The molecule has 0 aromatic carbocycles. The first-order valence-corrected chi connectivity index (χ1v) is 8.00. The zero-order valence-electron chi connectivity index (χ0n) is 12.7. The lowest BCUT2D eigenvalue weighted by Crippen LogP contribution is -2.38. The molecule has 0 aromatic rings. The van der Waals surface area contributed by atoms with Gasteiger partial charge in [0.25, 0.3) is 0 Å². The number of ether oxygens (including phenoxy) is 2. The van der Waals surface area contributed by atoms with Crippen molar-refractivity contribution in [3.63, 3.8) is 0 Å². The molecule has 0 aromatic heterocycles. The minimum atomic E-state index is -4.11. The van der Waals surface area contributed by atoms with E-state index in [0.29, 0.717) is 6.42 Å². The van der Waals surface area contributed by atoms with Crippen molar-refractivity contribution in [3.8, 4) is 0 Å². The van der Waals surface area contributed by atoms with E-state index in [-0.39, 0.29) is 6.00 Å². The zero-order chi connectivity index (χ0) is 16.2. The summed E-state index contributed by atoms with van der Waals surface area (Å²) in [7, 11) is 5.82. The van der Waals surface area contributed by atoms with Crippen molar-refractivity contribution in [2.45, 2.75) is 44.2 Å². The van der Waals surface area contributed by atoms with E-state index in [9.17, 15) is 4.57 Å². The fraction of sp³-hybridized carbons (Fsp3) is 0.833. The Hall–Kier alpha value is -0.165. The highest BCUT2D eigenvalue weighted by Gasteiger charge is 2.32. The van der Waals surface area contributed by atoms with E-state index < -0.39 is 13.2 Å². The van der Waals surface area contributed by atoms with Gasteiger partial charge in [0.15, 0.2) is 0 Å². The summed E-state index contributed by atoms with van der Waals surface area (Å²) in [5.41, 5.74) is -0.598. The van der Waals surface area contributed by atoms with Gasteiger partial charge in [-0.3, -0.25) is 4.57 Å². The van der Waals surface area contributed by atoms with E-state index in [1.807, 2.05) is 6.92 Å². The van der Waals surface area contributed by atoms with Crippen molar-refractivity contribution in [1.29, 1.82) is 0 Å². The van der Waals surface area contributed by atoms with Crippen LogP contribution in [0.1, 0.15) is 32.6 Å². The molecule has 2 radical (unpaired) electrons. The highest BCUT2D eigenvalue weighted by atomic mass is 31.2. The second kappa shape index (κ2) is 11.5. The molecule has 1 aliphatic heterocycles. The lowest BCUT2D eigenvalue weighted by atomic mass is 9.83. The van der Waals surface area contributed by atoms with Gasteiger partial charge in [0.2, 0.25) is 0 Å². The van der Waals surface area contributed by atoms with E-state index in [4.69, 9.17) is 27.5 Å². The Kier molecular flexibility index (Phi) is 12.7. The van der Waals surface area contributed by atoms with Crippen molar-refractivity contribution in [2.24, 2.45) is 0 Å². The van der Waals surface area contributed by atoms with Gasteiger partial charge in [0.05, 0.1) is 5.60 Å². The summed E-state index contributed by atoms with van der Waals surface area (Å²) >= 11 is 0. The Morgan fingerprint density at radius 2 is 1.95 bits per heavy atom. The van der Waals surface area contributed by atoms with Gasteiger partial charge in [-0.1, -0.05) is 6.92 Å². The molecule has 8 heteroatoms. The topological polar surface area (TPSA) is 96.2 Å². The van der Waals surface area contributed by atoms with Crippen LogP contribution in [0.2, 0.25) is 0 Å². The molecule has 0 amide bonds. The molecule has 0 bridgehead atoms. The molecule has 6 nitrogen and oxygen atoms in total. The molecule has 0 saturated carbocycles. The van der Waals surface area contributed by atoms with Gasteiger partial charge < -0.3 is 24.4 Å². The summed E-state index contributed by atoms with van der Waals surface area (Å²) in [5.74, 6) is 0.911. The molecular weight excluding hydrogens is 282 g/mol. The monoisotopic (exact) mass is 308 g/mol. The molecule has 1 heterocycles. The van der Waals surface area contributed by atoms with Gasteiger partial charge >= 0.3 is 7.60 Å². The Labute approximate surface area is 122 Å². The first kappa shape index (κ1) is 22.1. The van der Waals surface area contributed by atoms with Crippen LogP contribution in [0.5, 0.6) is 0 Å². The number of aliphatic hydroxyl groups excluding tert-OH is 1. The highest BCUT2D eigenvalue weighted by molar-refractivity contribution is 7.55. The minimum Gasteiger partial charge on any atom is -0.400 e. The lowest BCUT2D eigenvalue weighted by molar-refractivity contribution is -0.0658. The van der Waals surface area contributed by atoms with Gasteiger partial charge in [0, 0.05) is 33.1 Å². The number of rotatable bonds is 3. The number of hydrogen-bond donors (Lipinski definition) is 3. The second-order valence-corrected chi connectivity index (χ2v) is 5.76. The Bertz CT molecular complexity index is 306. The highest BCUT2D eigenvalue weighted by Crippen LogP contribution is 2.40. The van der Waals surface area contributed by atoms with Crippen LogP contribution in [-0.4, -0.2) is 55.7 Å². The van der Waals surface area contributed by atoms with E-state index in [0.717, 1.165) is 32.2 Å². The van der Waals surface area contributed by atoms with Crippen molar-refractivity contribution in [2.75, 3.05) is 21.3 Å². The summed E-state index contributed by atoms with van der Waals surface area (Å²) < 4.78 is 20.6. The fourth-order valence-corrected chi connectivity index (χ4v) is 2.22. The normalized spacial score (nSPS) is 26.2. The van der Waals surface area contributed by atoms with Crippen LogP contribution in [0.3, 0.4) is 0 Å². The number of methoxy groups -OCH3 is 1. The fourth-order valence-electron chi connectivity index (χ4n) is 1.76. The Morgan fingerprint density at radius 1 is 1.45 bits per heavy atom. The van der Waals surface area contributed by atoms with Crippen molar-refractivity contribution < 1.29 is 28.9 Å². The summed E-state index contributed by atoms with van der Waals surface area (Å²) in [4.78, 5) is 17.5. The maximum Gasteiger partial charge on any atom is 0.348 e.